The van der Waals surface area contributed by atoms with Gasteiger partial charge in [0.2, 0.25) is 0 Å². The molecule has 1 aromatic rings. The first-order valence-electron chi connectivity index (χ1n) is 8.34. The second kappa shape index (κ2) is 6.60. The number of amides is 3. The monoisotopic (exact) mass is 319 g/mol. The van der Waals surface area contributed by atoms with Crippen molar-refractivity contribution in [1.82, 2.24) is 24.9 Å². The minimum absolute atomic E-state index is 0.0166. The Morgan fingerprint density at radius 2 is 1.78 bits per heavy atom. The van der Waals surface area contributed by atoms with Crippen molar-refractivity contribution in [3.05, 3.63) is 18.0 Å². The molecule has 0 saturated carbocycles. The summed E-state index contributed by atoms with van der Waals surface area (Å²) in [6.45, 7) is 3.28. The van der Waals surface area contributed by atoms with E-state index in [1.165, 1.54) is 0 Å². The zero-order valence-corrected chi connectivity index (χ0v) is 13.9. The summed E-state index contributed by atoms with van der Waals surface area (Å²) < 4.78 is 1.64. The molecule has 0 aromatic carbocycles. The van der Waals surface area contributed by atoms with Gasteiger partial charge in [-0.2, -0.15) is 5.10 Å². The van der Waals surface area contributed by atoms with Crippen molar-refractivity contribution >= 4 is 11.9 Å². The summed E-state index contributed by atoms with van der Waals surface area (Å²) in [5, 5.41) is 6.76. The minimum atomic E-state index is 0.0166. The van der Waals surface area contributed by atoms with Crippen LogP contribution in [0, 0.1) is 11.8 Å². The van der Waals surface area contributed by atoms with Gasteiger partial charge in [0.05, 0.1) is 0 Å². The van der Waals surface area contributed by atoms with Crippen LogP contribution in [0.3, 0.4) is 0 Å². The molecule has 0 aliphatic carbocycles. The first-order chi connectivity index (χ1) is 11.1. The molecule has 2 aliphatic rings. The molecule has 1 N–H and O–H groups in total. The number of nitrogens with one attached hydrogen (secondary N) is 1. The van der Waals surface area contributed by atoms with Gasteiger partial charge in [0, 0.05) is 46.5 Å². The maximum Gasteiger partial charge on any atom is 0.317 e. The number of carbonyl (C=O) groups excluding carboxylic acids is 2. The standard InChI is InChI=1S/C16H25N5O2/c1-17-16(23)20-8-4-12(5-9-20)13-6-10-21(11-13)15(22)14-3-7-18-19(14)2/h3,7,12-13H,4-6,8-11H2,1-2H3,(H,17,23). The largest absolute Gasteiger partial charge is 0.341 e. The SMILES string of the molecule is CNC(=O)N1CCC(C2CCN(C(=O)c3ccnn3C)C2)CC1. The second-order valence-corrected chi connectivity index (χ2v) is 6.52. The van der Waals surface area contributed by atoms with Crippen LogP contribution < -0.4 is 5.32 Å². The van der Waals surface area contributed by atoms with E-state index in [-0.39, 0.29) is 11.9 Å². The van der Waals surface area contributed by atoms with Crippen molar-refractivity contribution in [3.63, 3.8) is 0 Å². The third kappa shape index (κ3) is 3.18. The van der Waals surface area contributed by atoms with Crippen LogP contribution in [0.1, 0.15) is 29.8 Å². The Kier molecular flexibility index (Phi) is 4.54. The van der Waals surface area contributed by atoms with Gasteiger partial charge in [-0.25, -0.2) is 4.79 Å². The molecule has 3 rings (SSSR count). The van der Waals surface area contributed by atoms with Crippen LogP contribution >= 0.6 is 0 Å². The fourth-order valence-corrected chi connectivity index (χ4v) is 3.83. The average Bonchev–Trinajstić information content (AvgIpc) is 3.23. The number of hydrogen-bond acceptors (Lipinski definition) is 3. The van der Waals surface area contributed by atoms with E-state index in [0.29, 0.717) is 17.5 Å². The van der Waals surface area contributed by atoms with Crippen molar-refractivity contribution in [1.29, 1.82) is 0 Å². The van der Waals surface area contributed by atoms with Crippen LogP contribution in [-0.2, 0) is 7.05 Å². The Morgan fingerprint density at radius 1 is 1.13 bits per heavy atom. The fourth-order valence-electron chi connectivity index (χ4n) is 3.83. The summed E-state index contributed by atoms with van der Waals surface area (Å²) in [6, 6.07) is 1.79. The molecule has 0 bridgehead atoms. The third-order valence-electron chi connectivity index (χ3n) is 5.26. The highest BCUT2D eigenvalue weighted by Gasteiger charge is 2.35. The highest BCUT2D eigenvalue weighted by atomic mass is 16.2. The van der Waals surface area contributed by atoms with Gasteiger partial charge >= 0.3 is 6.03 Å². The summed E-state index contributed by atoms with van der Waals surface area (Å²) in [5.74, 6) is 1.24. The van der Waals surface area contributed by atoms with Crippen molar-refractivity contribution in [3.8, 4) is 0 Å². The van der Waals surface area contributed by atoms with Gasteiger partial charge in [-0.05, 0) is 37.2 Å². The lowest BCUT2D eigenvalue weighted by molar-refractivity contribution is 0.0766. The average molecular weight is 319 g/mol. The molecule has 7 heteroatoms. The number of likely N-dealkylation sites (tertiary alicyclic amines) is 2. The van der Waals surface area contributed by atoms with Gasteiger partial charge in [-0.15, -0.1) is 0 Å². The van der Waals surface area contributed by atoms with Gasteiger partial charge < -0.3 is 15.1 Å². The lowest BCUT2D eigenvalue weighted by Gasteiger charge is -2.34. The van der Waals surface area contributed by atoms with E-state index in [1.54, 1.807) is 31.0 Å². The normalized spacial score (nSPS) is 22.4. The molecule has 23 heavy (non-hydrogen) atoms. The van der Waals surface area contributed by atoms with E-state index in [4.69, 9.17) is 0 Å². The molecule has 2 fully saturated rings. The number of piperidine rings is 1. The predicted molar refractivity (Wildman–Crippen MR) is 86.0 cm³/mol. The maximum atomic E-state index is 12.5. The van der Waals surface area contributed by atoms with Gasteiger partial charge in [0.15, 0.2) is 0 Å². The molecule has 1 atom stereocenters. The van der Waals surface area contributed by atoms with Gasteiger partial charge in [0.25, 0.3) is 5.91 Å². The maximum absolute atomic E-state index is 12.5. The zero-order valence-electron chi connectivity index (χ0n) is 13.9. The van der Waals surface area contributed by atoms with E-state index in [2.05, 4.69) is 10.4 Å². The smallest absolute Gasteiger partial charge is 0.317 e. The molecule has 1 aromatic heterocycles. The van der Waals surface area contributed by atoms with Crippen molar-refractivity contribution in [2.45, 2.75) is 19.3 Å². The van der Waals surface area contributed by atoms with Gasteiger partial charge in [0.1, 0.15) is 5.69 Å². The number of nitrogens with zero attached hydrogens (tertiary/aromatic N) is 4. The molecule has 2 aliphatic heterocycles. The number of urea groups is 1. The molecule has 1 unspecified atom stereocenters. The Labute approximate surface area is 136 Å². The van der Waals surface area contributed by atoms with Crippen molar-refractivity contribution < 1.29 is 9.59 Å². The molecule has 0 spiro atoms. The summed E-state index contributed by atoms with van der Waals surface area (Å²) in [6.07, 6.45) is 4.79. The van der Waals surface area contributed by atoms with Crippen LogP contribution in [0.25, 0.3) is 0 Å². The fraction of sp³-hybridized carbons (Fsp3) is 0.688. The summed E-state index contributed by atoms with van der Waals surface area (Å²) in [5.41, 5.74) is 0.653. The molecule has 2 saturated heterocycles. The Bertz CT molecular complexity index is 577. The lowest BCUT2D eigenvalue weighted by Crippen LogP contribution is -2.44. The van der Waals surface area contributed by atoms with E-state index in [1.807, 2.05) is 9.80 Å². The van der Waals surface area contributed by atoms with Gasteiger partial charge in [-0.3, -0.25) is 9.48 Å². The third-order valence-corrected chi connectivity index (χ3v) is 5.26. The first kappa shape index (κ1) is 15.8. The Hall–Kier alpha value is -2.05. The lowest BCUT2D eigenvalue weighted by atomic mass is 9.84. The van der Waals surface area contributed by atoms with Gasteiger partial charge in [-0.1, -0.05) is 0 Å². The summed E-state index contributed by atoms with van der Waals surface area (Å²) in [7, 11) is 3.47. The summed E-state index contributed by atoms with van der Waals surface area (Å²) in [4.78, 5) is 28.0. The van der Waals surface area contributed by atoms with E-state index >= 15 is 0 Å². The summed E-state index contributed by atoms with van der Waals surface area (Å²) >= 11 is 0. The molecular formula is C16H25N5O2. The highest BCUT2D eigenvalue weighted by molar-refractivity contribution is 5.92. The van der Waals surface area contributed by atoms with Crippen LogP contribution in [0.15, 0.2) is 12.3 Å². The second-order valence-electron chi connectivity index (χ2n) is 6.52. The number of aromatic nitrogens is 2. The van der Waals surface area contributed by atoms with Crippen molar-refractivity contribution in [2.75, 3.05) is 33.2 Å². The Morgan fingerprint density at radius 3 is 2.39 bits per heavy atom. The highest BCUT2D eigenvalue weighted by Crippen LogP contribution is 2.32. The van der Waals surface area contributed by atoms with E-state index in [9.17, 15) is 9.59 Å². The number of rotatable bonds is 2. The van der Waals surface area contributed by atoms with E-state index in [0.717, 1.165) is 45.4 Å². The number of carbonyl (C=O) groups is 2. The van der Waals surface area contributed by atoms with Crippen LogP contribution in [0.4, 0.5) is 4.79 Å². The van der Waals surface area contributed by atoms with Crippen LogP contribution in [0.2, 0.25) is 0 Å². The first-order valence-corrected chi connectivity index (χ1v) is 8.34. The quantitative estimate of drug-likeness (QED) is 0.882. The Balaban J connectivity index is 1.54. The topological polar surface area (TPSA) is 70.5 Å². The zero-order chi connectivity index (χ0) is 16.4. The molecule has 3 heterocycles. The van der Waals surface area contributed by atoms with Crippen LogP contribution in [0.5, 0.6) is 0 Å². The molecule has 7 nitrogen and oxygen atoms in total. The van der Waals surface area contributed by atoms with E-state index < -0.39 is 0 Å². The predicted octanol–water partition coefficient (Wildman–Crippen LogP) is 0.934. The molecule has 3 amide bonds. The number of hydrogen-bond donors (Lipinski definition) is 1. The minimum Gasteiger partial charge on any atom is -0.341 e. The molecule has 126 valence electrons. The van der Waals surface area contributed by atoms with Crippen molar-refractivity contribution in [2.24, 2.45) is 18.9 Å². The molecule has 0 radical (unpaired) electrons. The van der Waals surface area contributed by atoms with Crippen LogP contribution in [-0.4, -0.2) is 64.7 Å². The molecular weight excluding hydrogens is 294 g/mol. The number of aryl methyl sites for hydroxylation is 1.